The Morgan fingerprint density at radius 3 is 2.46 bits per heavy atom. The van der Waals surface area contributed by atoms with E-state index in [1.807, 2.05) is 45.9 Å². The molecule has 2 amide bonds. The van der Waals surface area contributed by atoms with E-state index < -0.39 is 11.9 Å². The molecule has 3 aromatic rings. The number of hydrogen-bond acceptors (Lipinski definition) is 8. The number of rotatable bonds is 9. The zero-order valence-electron chi connectivity index (χ0n) is 21.6. The van der Waals surface area contributed by atoms with Gasteiger partial charge in [-0.2, -0.15) is 0 Å². The molecule has 2 aromatic heterocycles. The van der Waals surface area contributed by atoms with Crippen LogP contribution in [0.4, 0.5) is 21.4 Å². The SMILES string of the molecule is CCOC(=O)c1cc(C(C)C)sc1NC(=O)c1sc(Nc2cc(C)ccc2C)c(C(=O)NC2CC2)c1N. The minimum absolute atomic E-state index is 0.104. The Kier molecular flexibility index (Phi) is 7.89. The van der Waals surface area contributed by atoms with E-state index in [1.165, 1.54) is 11.3 Å². The van der Waals surface area contributed by atoms with Gasteiger partial charge in [-0.1, -0.05) is 26.0 Å². The van der Waals surface area contributed by atoms with Crippen molar-refractivity contribution in [1.82, 2.24) is 5.32 Å². The topological polar surface area (TPSA) is 123 Å². The van der Waals surface area contributed by atoms with E-state index in [9.17, 15) is 14.4 Å². The second kappa shape index (κ2) is 10.9. The van der Waals surface area contributed by atoms with E-state index >= 15 is 0 Å². The first-order valence-corrected chi connectivity index (χ1v) is 13.9. The number of anilines is 4. The molecule has 196 valence electrons. The summed E-state index contributed by atoms with van der Waals surface area (Å²) in [5.74, 6) is -1.13. The quantitative estimate of drug-likeness (QED) is 0.240. The van der Waals surface area contributed by atoms with Gasteiger partial charge in [-0.25, -0.2) is 4.79 Å². The zero-order chi connectivity index (χ0) is 26.9. The summed E-state index contributed by atoms with van der Waals surface area (Å²) in [7, 11) is 0. The summed E-state index contributed by atoms with van der Waals surface area (Å²) in [6.07, 6.45) is 1.85. The molecule has 0 radical (unpaired) electrons. The van der Waals surface area contributed by atoms with E-state index in [0.717, 1.165) is 45.9 Å². The van der Waals surface area contributed by atoms with Crippen molar-refractivity contribution in [3.63, 3.8) is 0 Å². The van der Waals surface area contributed by atoms with Crippen molar-refractivity contribution in [2.24, 2.45) is 0 Å². The highest BCUT2D eigenvalue weighted by Gasteiger charge is 2.31. The molecule has 0 bridgehead atoms. The fraction of sp³-hybridized carbons (Fsp3) is 0.370. The number of hydrogen-bond donors (Lipinski definition) is 4. The largest absolute Gasteiger partial charge is 0.462 e. The first-order chi connectivity index (χ1) is 17.6. The Morgan fingerprint density at radius 1 is 1.08 bits per heavy atom. The van der Waals surface area contributed by atoms with Gasteiger partial charge in [0.2, 0.25) is 0 Å². The lowest BCUT2D eigenvalue weighted by Crippen LogP contribution is -2.26. The van der Waals surface area contributed by atoms with Crippen molar-refractivity contribution in [1.29, 1.82) is 0 Å². The lowest BCUT2D eigenvalue weighted by atomic mass is 10.1. The third-order valence-electron chi connectivity index (χ3n) is 5.97. The number of nitrogen functional groups attached to an aromatic ring is 1. The van der Waals surface area contributed by atoms with Gasteiger partial charge in [0, 0.05) is 16.6 Å². The molecule has 8 nitrogen and oxygen atoms in total. The van der Waals surface area contributed by atoms with Crippen LogP contribution in [0.5, 0.6) is 0 Å². The van der Waals surface area contributed by atoms with E-state index in [-0.39, 0.29) is 40.6 Å². The molecule has 1 aromatic carbocycles. The molecule has 2 heterocycles. The second-order valence-electron chi connectivity index (χ2n) is 9.46. The van der Waals surface area contributed by atoms with Crippen molar-refractivity contribution in [2.45, 2.75) is 59.4 Å². The summed E-state index contributed by atoms with van der Waals surface area (Å²) in [4.78, 5) is 40.3. The van der Waals surface area contributed by atoms with Gasteiger partial charge >= 0.3 is 5.97 Å². The number of aryl methyl sites for hydroxylation is 2. The minimum Gasteiger partial charge on any atom is -0.462 e. The smallest absolute Gasteiger partial charge is 0.341 e. The maximum Gasteiger partial charge on any atom is 0.341 e. The molecule has 0 atom stereocenters. The van der Waals surface area contributed by atoms with Gasteiger partial charge in [-0.05, 0) is 62.8 Å². The number of nitrogens with two attached hydrogens (primary N) is 1. The van der Waals surface area contributed by atoms with Gasteiger partial charge in [0.25, 0.3) is 11.8 Å². The molecule has 1 aliphatic rings. The summed E-state index contributed by atoms with van der Waals surface area (Å²) < 4.78 is 5.19. The van der Waals surface area contributed by atoms with E-state index in [4.69, 9.17) is 10.5 Å². The number of esters is 1. The second-order valence-corrected chi connectivity index (χ2v) is 11.6. The van der Waals surface area contributed by atoms with Crippen LogP contribution in [0.15, 0.2) is 24.3 Å². The standard InChI is InChI=1S/C27H32N4O4S2/c1-6-35-27(34)17-12-19(13(2)3)36-25(17)31-24(33)22-21(28)20(23(32)29-16-9-10-16)26(37-22)30-18-11-14(4)7-8-15(18)5/h7-8,11-13,16,30H,6,9-10,28H2,1-5H3,(H,29,32)(H,31,33). The summed E-state index contributed by atoms with van der Waals surface area (Å²) in [5, 5.41) is 10.0. The number of amides is 2. The predicted octanol–water partition coefficient (Wildman–Crippen LogP) is 6.20. The Bertz CT molecular complexity index is 1350. The Hall–Kier alpha value is -3.37. The van der Waals surface area contributed by atoms with E-state index in [1.54, 1.807) is 13.0 Å². The van der Waals surface area contributed by atoms with Gasteiger partial charge in [-0.15, -0.1) is 22.7 Å². The maximum absolute atomic E-state index is 13.5. The number of benzene rings is 1. The van der Waals surface area contributed by atoms with E-state index in [0.29, 0.717) is 15.6 Å². The number of nitrogens with one attached hydrogen (secondary N) is 3. The Morgan fingerprint density at radius 2 is 1.81 bits per heavy atom. The number of carbonyl (C=O) groups is 3. The third kappa shape index (κ3) is 5.97. The summed E-state index contributed by atoms with van der Waals surface area (Å²) >= 11 is 2.44. The van der Waals surface area contributed by atoms with Crippen LogP contribution >= 0.6 is 22.7 Å². The lowest BCUT2D eigenvalue weighted by Gasteiger charge is -2.11. The van der Waals surface area contributed by atoms with Gasteiger partial charge in [-0.3, -0.25) is 9.59 Å². The van der Waals surface area contributed by atoms with Crippen molar-refractivity contribution in [2.75, 3.05) is 23.0 Å². The van der Waals surface area contributed by atoms with Crippen LogP contribution in [-0.4, -0.2) is 30.4 Å². The Labute approximate surface area is 224 Å². The lowest BCUT2D eigenvalue weighted by molar-refractivity contribution is 0.0528. The highest BCUT2D eigenvalue weighted by molar-refractivity contribution is 7.19. The molecular weight excluding hydrogens is 508 g/mol. The highest BCUT2D eigenvalue weighted by atomic mass is 32.1. The molecular formula is C27H32N4O4S2. The van der Waals surface area contributed by atoms with Crippen LogP contribution < -0.4 is 21.7 Å². The van der Waals surface area contributed by atoms with Crippen LogP contribution in [0.3, 0.4) is 0 Å². The first-order valence-electron chi connectivity index (χ1n) is 12.3. The fourth-order valence-corrected chi connectivity index (χ4v) is 5.78. The monoisotopic (exact) mass is 540 g/mol. The van der Waals surface area contributed by atoms with Crippen molar-refractivity contribution >= 4 is 61.8 Å². The molecule has 0 saturated heterocycles. The molecule has 5 N–H and O–H groups in total. The molecule has 0 aliphatic heterocycles. The fourth-order valence-electron chi connectivity index (χ4n) is 3.71. The van der Waals surface area contributed by atoms with Crippen LogP contribution in [0.1, 0.15) is 85.9 Å². The average molecular weight is 541 g/mol. The van der Waals surface area contributed by atoms with Crippen LogP contribution in [0.2, 0.25) is 0 Å². The molecule has 0 unspecified atom stereocenters. The maximum atomic E-state index is 13.5. The van der Waals surface area contributed by atoms with Crippen LogP contribution in [0, 0.1) is 13.8 Å². The number of carbonyl (C=O) groups excluding carboxylic acids is 3. The van der Waals surface area contributed by atoms with Gasteiger partial charge in [0.15, 0.2) is 0 Å². The van der Waals surface area contributed by atoms with Gasteiger partial charge < -0.3 is 26.4 Å². The van der Waals surface area contributed by atoms with Gasteiger partial charge in [0.05, 0.1) is 23.4 Å². The molecule has 0 spiro atoms. The highest BCUT2D eigenvalue weighted by Crippen LogP contribution is 2.40. The van der Waals surface area contributed by atoms with Gasteiger partial charge in [0.1, 0.15) is 14.9 Å². The predicted molar refractivity (Wildman–Crippen MR) is 151 cm³/mol. The third-order valence-corrected chi connectivity index (χ3v) is 8.45. The van der Waals surface area contributed by atoms with Crippen molar-refractivity contribution in [3.05, 3.63) is 56.3 Å². The normalized spacial score (nSPS) is 12.9. The van der Waals surface area contributed by atoms with Crippen molar-refractivity contribution in [3.8, 4) is 0 Å². The average Bonchev–Trinajstić information content (AvgIpc) is 3.44. The summed E-state index contributed by atoms with van der Waals surface area (Å²) in [6, 6.07) is 7.87. The van der Waals surface area contributed by atoms with Crippen molar-refractivity contribution < 1.29 is 19.1 Å². The minimum atomic E-state index is -0.498. The Balaban J connectivity index is 1.70. The molecule has 1 aliphatic carbocycles. The first kappa shape index (κ1) is 26.7. The zero-order valence-corrected chi connectivity index (χ0v) is 23.2. The summed E-state index contributed by atoms with van der Waals surface area (Å²) in [6.45, 7) is 9.94. The molecule has 1 fully saturated rings. The molecule has 10 heteroatoms. The van der Waals surface area contributed by atoms with E-state index in [2.05, 4.69) is 16.0 Å². The molecule has 4 rings (SSSR count). The molecule has 1 saturated carbocycles. The molecule has 37 heavy (non-hydrogen) atoms. The number of thiophene rings is 2. The van der Waals surface area contributed by atoms with Crippen LogP contribution in [-0.2, 0) is 4.74 Å². The summed E-state index contributed by atoms with van der Waals surface area (Å²) in [5.41, 5.74) is 9.99. The number of ether oxygens (including phenoxy) is 1. The van der Waals surface area contributed by atoms with Crippen LogP contribution in [0.25, 0.3) is 0 Å².